The molecule has 2 rings (SSSR count). The number of ether oxygens (including phenoxy) is 1. The maximum absolute atomic E-state index is 11.4. The van der Waals surface area contributed by atoms with E-state index in [9.17, 15) is 4.79 Å². The van der Waals surface area contributed by atoms with Crippen molar-refractivity contribution in [3.05, 3.63) is 41.8 Å². The maximum atomic E-state index is 11.4. The van der Waals surface area contributed by atoms with Crippen molar-refractivity contribution in [2.24, 2.45) is 0 Å². The first-order valence-corrected chi connectivity index (χ1v) is 5.41. The van der Waals surface area contributed by atoms with Crippen molar-refractivity contribution in [2.75, 3.05) is 6.61 Å². The highest BCUT2D eigenvalue weighted by molar-refractivity contribution is 5.87. The molecule has 0 atom stereocenters. The van der Waals surface area contributed by atoms with Gasteiger partial charge >= 0.3 is 5.97 Å². The molecule has 0 saturated heterocycles. The minimum atomic E-state index is -0.452. The fraction of sp³-hybridized carbons (Fsp3) is 0.231. The van der Waals surface area contributed by atoms with Crippen LogP contribution in [-0.4, -0.2) is 17.6 Å². The maximum Gasteiger partial charge on any atom is 0.374 e. The summed E-state index contributed by atoms with van der Waals surface area (Å²) in [6.07, 6.45) is 0. The third-order valence-corrected chi connectivity index (χ3v) is 2.22. The molecule has 0 bridgehead atoms. The zero-order chi connectivity index (χ0) is 12.3. The van der Waals surface area contributed by atoms with Crippen LogP contribution in [0.5, 0.6) is 0 Å². The van der Waals surface area contributed by atoms with Crippen molar-refractivity contribution in [3.8, 4) is 11.5 Å². The van der Waals surface area contributed by atoms with Gasteiger partial charge in [-0.25, -0.2) is 9.78 Å². The Hall–Kier alpha value is -2.10. The molecule has 0 saturated carbocycles. The zero-order valence-electron chi connectivity index (χ0n) is 9.77. The predicted octanol–water partition coefficient (Wildman–Crippen LogP) is 2.83. The molecule has 0 amide bonds. The summed E-state index contributed by atoms with van der Waals surface area (Å²) in [5, 5.41) is 0. The highest BCUT2D eigenvalue weighted by Crippen LogP contribution is 2.20. The molecule has 0 aliphatic heterocycles. The van der Waals surface area contributed by atoms with E-state index < -0.39 is 5.97 Å². The van der Waals surface area contributed by atoms with E-state index >= 15 is 0 Å². The fourth-order valence-corrected chi connectivity index (χ4v) is 1.47. The number of pyridine rings is 1. The number of furan rings is 1. The molecule has 0 fully saturated rings. The predicted molar refractivity (Wildman–Crippen MR) is 62.6 cm³/mol. The second-order valence-electron chi connectivity index (χ2n) is 3.55. The Balaban J connectivity index is 2.27. The number of esters is 1. The van der Waals surface area contributed by atoms with E-state index in [0.29, 0.717) is 18.1 Å². The van der Waals surface area contributed by atoms with Crippen molar-refractivity contribution < 1.29 is 13.9 Å². The summed E-state index contributed by atoms with van der Waals surface area (Å²) in [5.41, 5.74) is 1.61. The Morgan fingerprint density at radius 3 is 2.88 bits per heavy atom. The van der Waals surface area contributed by atoms with Crippen LogP contribution in [0.1, 0.15) is 23.2 Å². The van der Waals surface area contributed by atoms with Gasteiger partial charge in [0, 0.05) is 5.69 Å². The van der Waals surface area contributed by atoms with Gasteiger partial charge in [-0.2, -0.15) is 0 Å². The van der Waals surface area contributed by atoms with Crippen LogP contribution in [0, 0.1) is 6.92 Å². The monoisotopic (exact) mass is 231 g/mol. The largest absolute Gasteiger partial charge is 0.460 e. The van der Waals surface area contributed by atoms with Crippen LogP contribution in [0.25, 0.3) is 11.5 Å². The number of nitrogens with zero attached hydrogens (tertiary/aromatic N) is 1. The highest BCUT2D eigenvalue weighted by atomic mass is 16.5. The van der Waals surface area contributed by atoms with Crippen LogP contribution in [0.2, 0.25) is 0 Å². The van der Waals surface area contributed by atoms with Gasteiger partial charge in [-0.3, -0.25) is 0 Å². The number of carbonyl (C=O) groups is 1. The van der Waals surface area contributed by atoms with Gasteiger partial charge in [0.25, 0.3) is 0 Å². The lowest BCUT2D eigenvalue weighted by Gasteiger charge is -1.98. The Morgan fingerprint density at radius 1 is 1.35 bits per heavy atom. The first-order valence-electron chi connectivity index (χ1n) is 5.41. The summed E-state index contributed by atoms with van der Waals surface area (Å²) >= 11 is 0. The Kier molecular flexibility index (Phi) is 3.23. The van der Waals surface area contributed by atoms with E-state index in [-0.39, 0.29) is 5.76 Å². The van der Waals surface area contributed by atoms with E-state index in [1.807, 2.05) is 25.1 Å². The minimum Gasteiger partial charge on any atom is -0.460 e. The molecule has 2 heterocycles. The van der Waals surface area contributed by atoms with Crippen LogP contribution < -0.4 is 0 Å². The summed E-state index contributed by atoms with van der Waals surface area (Å²) in [5.74, 6) is 0.313. The van der Waals surface area contributed by atoms with E-state index in [1.54, 1.807) is 19.1 Å². The fourth-order valence-electron chi connectivity index (χ4n) is 1.47. The van der Waals surface area contributed by atoms with E-state index in [1.165, 1.54) is 0 Å². The second-order valence-corrected chi connectivity index (χ2v) is 3.55. The van der Waals surface area contributed by atoms with Gasteiger partial charge in [0.15, 0.2) is 5.76 Å². The van der Waals surface area contributed by atoms with Crippen LogP contribution in [0.3, 0.4) is 0 Å². The molecule has 4 nitrogen and oxygen atoms in total. The van der Waals surface area contributed by atoms with Crippen LogP contribution in [0.4, 0.5) is 0 Å². The second kappa shape index (κ2) is 4.82. The van der Waals surface area contributed by atoms with Gasteiger partial charge in [-0.1, -0.05) is 6.07 Å². The van der Waals surface area contributed by atoms with Crippen molar-refractivity contribution in [1.29, 1.82) is 0 Å². The van der Waals surface area contributed by atoms with E-state index in [2.05, 4.69) is 4.98 Å². The molecule has 0 aliphatic carbocycles. The molecule has 2 aromatic rings. The number of carbonyl (C=O) groups excluding carboxylic acids is 1. The van der Waals surface area contributed by atoms with Crippen molar-refractivity contribution >= 4 is 5.97 Å². The van der Waals surface area contributed by atoms with Gasteiger partial charge < -0.3 is 9.15 Å². The normalized spacial score (nSPS) is 10.2. The first-order chi connectivity index (χ1) is 8.20. The number of rotatable bonds is 3. The third-order valence-electron chi connectivity index (χ3n) is 2.22. The Morgan fingerprint density at radius 2 is 2.18 bits per heavy atom. The lowest BCUT2D eigenvalue weighted by atomic mass is 10.2. The summed E-state index contributed by atoms with van der Waals surface area (Å²) in [6.45, 7) is 3.99. The topological polar surface area (TPSA) is 52.3 Å². The SMILES string of the molecule is CCOC(=O)c1ccc(-c2cccc(C)n2)o1. The molecular formula is C13H13NO3. The minimum absolute atomic E-state index is 0.199. The number of hydrogen-bond donors (Lipinski definition) is 0. The van der Waals surface area contributed by atoms with Gasteiger partial charge in [0.2, 0.25) is 5.76 Å². The number of hydrogen-bond acceptors (Lipinski definition) is 4. The lowest BCUT2D eigenvalue weighted by Crippen LogP contribution is -2.02. The molecule has 17 heavy (non-hydrogen) atoms. The number of aryl methyl sites for hydroxylation is 1. The van der Waals surface area contributed by atoms with Gasteiger partial charge in [-0.15, -0.1) is 0 Å². The average Bonchev–Trinajstić information content (AvgIpc) is 2.78. The molecular weight excluding hydrogens is 218 g/mol. The van der Waals surface area contributed by atoms with Gasteiger partial charge in [-0.05, 0) is 38.1 Å². The molecule has 0 aromatic carbocycles. The molecule has 0 N–H and O–H groups in total. The van der Waals surface area contributed by atoms with Crippen LogP contribution in [-0.2, 0) is 4.74 Å². The Labute approximate surface area is 99.2 Å². The quantitative estimate of drug-likeness (QED) is 0.762. The van der Waals surface area contributed by atoms with Gasteiger partial charge in [0.05, 0.1) is 6.61 Å². The number of aromatic nitrogens is 1. The first kappa shape index (κ1) is 11.4. The van der Waals surface area contributed by atoms with Gasteiger partial charge in [0.1, 0.15) is 5.69 Å². The van der Waals surface area contributed by atoms with Crippen molar-refractivity contribution in [1.82, 2.24) is 4.98 Å². The van der Waals surface area contributed by atoms with Crippen molar-refractivity contribution in [2.45, 2.75) is 13.8 Å². The lowest BCUT2D eigenvalue weighted by molar-refractivity contribution is 0.0491. The molecule has 0 unspecified atom stereocenters. The summed E-state index contributed by atoms with van der Waals surface area (Å²) < 4.78 is 10.2. The molecule has 0 aliphatic rings. The average molecular weight is 231 g/mol. The van der Waals surface area contributed by atoms with E-state index in [0.717, 1.165) is 5.69 Å². The molecule has 88 valence electrons. The zero-order valence-corrected chi connectivity index (χ0v) is 9.77. The molecule has 2 aromatic heterocycles. The van der Waals surface area contributed by atoms with Crippen LogP contribution >= 0.6 is 0 Å². The highest BCUT2D eigenvalue weighted by Gasteiger charge is 2.13. The molecule has 4 heteroatoms. The summed E-state index contributed by atoms with van der Waals surface area (Å²) in [6, 6.07) is 8.94. The molecule has 0 radical (unpaired) electrons. The summed E-state index contributed by atoms with van der Waals surface area (Å²) in [4.78, 5) is 15.7. The third kappa shape index (κ3) is 2.53. The Bertz CT molecular complexity index is 531. The smallest absolute Gasteiger partial charge is 0.374 e. The summed E-state index contributed by atoms with van der Waals surface area (Å²) in [7, 11) is 0. The van der Waals surface area contributed by atoms with Crippen molar-refractivity contribution in [3.63, 3.8) is 0 Å². The standard InChI is InChI=1S/C13H13NO3/c1-3-16-13(15)12-8-7-11(17-12)10-6-4-5-9(2)14-10/h4-8H,3H2,1-2H3. The van der Waals surface area contributed by atoms with E-state index in [4.69, 9.17) is 9.15 Å². The molecule has 0 spiro atoms. The van der Waals surface area contributed by atoms with Crippen LogP contribution in [0.15, 0.2) is 34.7 Å².